The molecular weight excluding hydrogens is 537 g/mol. The van der Waals surface area contributed by atoms with Crippen molar-refractivity contribution in [2.24, 2.45) is 5.41 Å². The minimum Gasteiger partial charge on any atom is -0.495 e. The van der Waals surface area contributed by atoms with Crippen molar-refractivity contribution in [3.05, 3.63) is 74.8 Å². The van der Waals surface area contributed by atoms with Crippen LogP contribution in [0.5, 0.6) is 5.75 Å². The summed E-state index contributed by atoms with van der Waals surface area (Å²) < 4.78 is 6.98. The summed E-state index contributed by atoms with van der Waals surface area (Å²) in [4.78, 5) is 24.5. The maximum absolute atomic E-state index is 13.3. The molecule has 0 amide bonds. The number of hydrogen-bond acceptors (Lipinski definition) is 8. The first-order valence-corrected chi connectivity index (χ1v) is 13.3. The fourth-order valence-electron chi connectivity index (χ4n) is 5.35. The Morgan fingerprint density at radius 1 is 1.15 bits per heavy atom. The van der Waals surface area contributed by atoms with Crippen LogP contribution in [0.3, 0.4) is 0 Å². The van der Waals surface area contributed by atoms with E-state index in [1.165, 1.54) is 29.8 Å². The summed E-state index contributed by atoms with van der Waals surface area (Å²) in [5.41, 5.74) is 2.52. The molecule has 9 nitrogen and oxygen atoms in total. The van der Waals surface area contributed by atoms with Gasteiger partial charge >= 0.3 is 0 Å². The van der Waals surface area contributed by atoms with E-state index < -0.39 is 5.56 Å². The smallest absolute Gasteiger partial charge is 0.266 e. The van der Waals surface area contributed by atoms with Gasteiger partial charge in [-0.05, 0) is 42.5 Å². The lowest BCUT2D eigenvalue weighted by molar-refractivity contribution is 0.126. The second-order valence-electron chi connectivity index (χ2n) is 9.96. The van der Waals surface area contributed by atoms with Crippen LogP contribution in [0.2, 0.25) is 10.0 Å². The fraction of sp³-hybridized carbons (Fsp3) is 0.286. The van der Waals surface area contributed by atoms with Crippen molar-refractivity contribution in [2.75, 3.05) is 43.5 Å². The number of piperidine rings is 1. The van der Waals surface area contributed by atoms with Crippen molar-refractivity contribution in [3.63, 3.8) is 0 Å². The molecule has 11 heteroatoms. The quantitative estimate of drug-likeness (QED) is 0.354. The van der Waals surface area contributed by atoms with Gasteiger partial charge in [-0.3, -0.25) is 9.36 Å². The Morgan fingerprint density at radius 3 is 2.54 bits per heavy atom. The van der Waals surface area contributed by atoms with Crippen LogP contribution in [0.15, 0.2) is 53.6 Å². The maximum atomic E-state index is 13.3. The lowest BCUT2D eigenvalue weighted by atomic mass is 9.73. The van der Waals surface area contributed by atoms with Crippen LogP contribution in [-0.2, 0) is 0 Å². The van der Waals surface area contributed by atoms with Crippen LogP contribution in [0.4, 0.5) is 17.3 Å². The van der Waals surface area contributed by atoms with Crippen molar-refractivity contribution < 1.29 is 4.74 Å². The number of halogens is 2. The lowest BCUT2D eigenvalue weighted by Gasteiger charge is -2.49. The minimum atomic E-state index is -0.433. The monoisotopic (exact) mass is 561 g/mol. The molecule has 2 aromatic heterocycles. The molecule has 0 saturated carbocycles. The van der Waals surface area contributed by atoms with E-state index >= 15 is 0 Å². The molecule has 39 heavy (non-hydrogen) atoms. The van der Waals surface area contributed by atoms with Crippen molar-refractivity contribution in [3.8, 4) is 17.5 Å². The van der Waals surface area contributed by atoms with Crippen LogP contribution in [-0.4, -0.2) is 47.8 Å². The average Bonchev–Trinajstić information content (AvgIpc) is 2.93. The fourth-order valence-corrected chi connectivity index (χ4v) is 5.93. The SMILES string of the molecule is COc1cc(Nc2ncc3c(=O)n(-c4c(Cl)cccc4Cl)cc(C#N)c3n2)ccc1N1CCC2(CC1)CNC2. The standard InChI is InChI=1S/C28H25Cl2N7O2/c1-39-23-11-18(5-6-22(23)36-9-7-28(8-10-36)15-32-16-28)34-27-33-13-19-24(35-27)17(12-31)14-37(26(19)38)25-20(29)3-2-4-21(25)30/h2-6,11,13-14,32H,7-10,15-16H2,1H3,(H,33,34,35). The van der Waals surface area contributed by atoms with E-state index in [4.69, 9.17) is 27.9 Å². The van der Waals surface area contributed by atoms with Gasteiger partial charge in [0.1, 0.15) is 17.3 Å². The number of anilines is 3. The van der Waals surface area contributed by atoms with E-state index in [1.807, 2.05) is 18.2 Å². The molecule has 0 atom stereocenters. The highest BCUT2D eigenvalue weighted by Crippen LogP contribution is 2.40. The van der Waals surface area contributed by atoms with Gasteiger partial charge in [0.05, 0.1) is 39.5 Å². The molecule has 2 aliphatic heterocycles. The number of nitriles is 1. The van der Waals surface area contributed by atoms with E-state index in [1.54, 1.807) is 25.3 Å². The third-order valence-corrected chi connectivity index (χ3v) is 8.26. The van der Waals surface area contributed by atoms with Crippen LogP contribution >= 0.6 is 23.2 Å². The number of methoxy groups -OCH3 is 1. The van der Waals surface area contributed by atoms with E-state index in [-0.39, 0.29) is 32.5 Å². The molecule has 2 aromatic carbocycles. The average molecular weight is 562 g/mol. The normalized spacial score (nSPS) is 16.1. The number of ether oxygens (including phenoxy) is 1. The van der Waals surface area contributed by atoms with Gasteiger partial charge in [-0.1, -0.05) is 29.3 Å². The summed E-state index contributed by atoms with van der Waals surface area (Å²) in [7, 11) is 1.66. The summed E-state index contributed by atoms with van der Waals surface area (Å²) >= 11 is 12.6. The highest BCUT2D eigenvalue weighted by molar-refractivity contribution is 6.37. The molecule has 198 valence electrons. The molecular formula is C28H25Cl2N7O2. The molecule has 2 saturated heterocycles. The molecule has 0 bridgehead atoms. The zero-order valence-corrected chi connectivity index (χ0v) is 22.7. The molecule has 0 aliphatic carbocycles. The van der Waals surface area contributed by atoms with Crippen molar-refractivity contribution in [1.82, 2.24) is 19.9 Å². The van der Waals surface area contributed by atoms with Crippen LogP contribution < -0.4 is 25.8 Å². The highest BCUT2D eigenvalue weighted by Gasteiger charge is 2.40. The number of benzene rings is 2. The predicted octanol–water partition coefficient (Wildman–Crippen LogP) is 4.90. The largest absolute Gasteiger partial charge is 0.495 e. The predicted molar refractivity (Wildman–Crippen MR) is 153 cm³/mol. The first-order valence-electron chi connectivity index (χ1n) is 12.6. The van der Waals surface area contributed by atoms with E-state index in [0.717, 1.165) is 43.3 Å². The number of nitrogens with zero attached hydrogens (tertiary/aromatic N) is 5. The van der Waals surface area contributed by atoms with Gasteiger partial charge in [0.2, 0.25) is 5.95 Å². The Labute approximate surface area is 235 Å². The highest BCUT2D eigenvalue weighted by atomic mass is 35.5. The van der Waals surface area contributed by atoms with E-state index in [0.29, 0.717) is 11.1 Å². The number of fused-ring (bicyclic) bond motifs is 1. The van der Waals surface area contributed by atoms with Gasteiger partial charge in [0, 0.05) is 50.3 Å². The number of rotatable bonds is 5. The topological polar surface area (TPSA) is 108 Å². The van der Waals surface area contributed by atoms with Crippen molar-refractivity contribution in [2.45, 2.75) is 12.8 Å². The molecule has 0 radical (unpaired) electrons. The van der Waals surface area contributed by atoms with Crippen LogP contribution in [0.25, 0.3) is 16.6 Å². The first kappa shape index (κ1) is 25.4. The number of para-hydroxylation sites is 1. The van der Waals surface area contributed by atoms with Gasteiger partial charge in [-0.15, -0.1) is 0 Å². The Hall–Kier alpha value is -3.84. The molecule has 4 heterocycles. The Morgan fingerprint density at radius 2 is 1.90 bits per heavy atom. The van der Waals surface area contributed by atoms with Gasteiger partial charge < -0.3 is 20.3 Å². The van der Waals surface area contributed by atoms with Crippen LogP contribution in [0, 0.1) is 16.7 Å². The van der Waals surface area contributed by atoms with Crippen LogP contribution in [0.1, 0.15) is 18.4 Å². The first-order chi connectivity index (χ1) is 18.9. The summed E-state index contributed by atoms with van der Waals surface area (Å²) in [6, 6.07) is 12.9. The van der Waals surface area contributed by atoms with Gasteiger partial charge in [-0.25, -0.2) is 9.97 Å². The molecule has 0 unspecified atom stereocenters. The van der Waals surface area contributed by atoms with Crippen molar-refractivity contribution in [1.29, 1.82) is 5.26 Å². The Balaban J connectivity index is 1.30. The second-order valence-corrected chi connectivity index (χ2v) is 10.8. The summed E-state index contributed by atoms with van der Waals surface area (Å²) in [5.74, 6) is 1.000. The summed E-state index contributed by atoms with van der Waals surface area (Å²) in [5, 5.41) is 17.2. The molecule has 6 rings (SSSR count). The Kier molecular flexibility index (Phi) is 6.55. The molecule has 4 aromatic rings. The Bertz CT molecular complexity index is 1660. The number of hydrogen-bond donors (Lipinski definition) is 2. The van der Waals surface area contributed by atoms with E-state index in [9.17, 15) is 10.1 Å². The van der Waals surface area contributed by atoms with Crippen molar-refractivity contribution >= 4 is 51.4 Å². The second kappa shape index (κ2) is 10.0. The summed E-state index contributed by atoms with van der Waals surface area (Å²) in [6.45, 7) is 4.21. The minimum absolute atomic E-state index is 0.174. The summed E-state index contributed by atoms with van der Waals surface area (Å²) in [6.07, 6.45) is 5.13. The lowest BCUT2D eigenvalue weighted by Crippen LogP contribution is -2.58. The number of aromatic nitrogens is 3. The third kappa shape index (κ3) is 4.55. The maximum Gasteiger partial charge on any atom is 0.266 e. The molecule has 2 fully saturated rings. The van der Waals surface area contributed by atoms with Gasteiger partial charge in [0.25, 0.3) is 5.56 Å². The molecule has 2 N–H and O–H groups in total. The van der Waals surface area contributed by atoms with Gasteiger partial charge in [0.15, 0.2) is 0 Å². The molecule has 1 spiro atoms. The number of pyridine rings is 1. The zero-order chi connectivity index (χ0) is 27.1. The third-order valence-electron chi connectivity index (χ3n) is 7.65. The van der Waals surface area contributed by atoms with E-state index in [2.05, 4.69) is 31.6 Å². The molecule has 2 aliphatic rings. The number of nitrogens with one attached hydrogen (secondary N) is 2. The van der Waals surface area contributed by atoms with Gasteiger partial charge in [-0.2, -0.15) is 5.26 Å². The zero-order valence-electron chi connectivity index (χ0n) is 21.2.